The number of carboxylic acid groups (broad SMARTS) is 1. The SMILES string of the molecule is C[C@H](NC(=O)CN1CCOCC1)C(=O)N[C@@H](Cc1ccc(N2CCC2)cc1)C(=O)[O-].[Li+]. The molecule has 0 saturated carbocycles. The van der Waals surface area contributed by atoms with E-state index in [1.54, 1.807) is 0 Å². The van der Waals surface area contributed by atoms with Crippen molar-refractivity contribution in [2.75, 3.05) is 50.8 Å². The monoisotopic (exact) mass is 424 g/mol. The van der Waals surface area contributed by atoms with Crippen LogP contribution >= 0.6 is 0 Å². The molecule has 9 nitrogen and oxygen atoms in total. The first-order chi connectivity index (χ1) is 14.4. The Bertz CT molecular complexity index is 751. The van der Waals surface area contributed by atoms with Crippen LogP contribution < -0.4 is 39.5 Å². The van der Waals surface area contributed by atoms with Gasteiger partial charge in [-0.15, -0.1) is 0 Å². The maximum Gasteiger partial charge on any atom is 1.00 e. The molecule has 2 heterocycles. The molecule has 2 fully saturated rings. The number of ether oxygens (including phenoxy) is 1. The molecule has 0 spiro atoms. The van der Waals surface area contributed by atoms with Crippen molar-refractivity contribution < 1.29 is 43.1 Å². The molecule has 0 unspecified atom stereocenters. The van der Waals surface area contributed by atoms with Crippen molar-refractivity contribution in [1.82, 2.24) is 15.5 Å². The van der Waals surface area contributed by atoms with Crippen molar-refractivity contribution in [3.63, 3.8) is 0 Å². The summed E-state index contributed by atoms with van der Waals surface area (Å²) in [6, 6.07) is 5.61. The number of carbonyl (C=O) groups excluding carboxylic acids is 3. The summed E-state index contributed by atoms with van der Waals surface area (Å²) in [6.45, 7) is 6.26. The molecule has 0 aromatic heterocycles. The Morgan fingerprint density at radius 2 is 1.71 bits per heavy atom. The van der Waals surface area contributed by atoms with Gasteiger partial charge in [0, 0.05) is 31.9 Å². The van der Waals surface area contributed by atoms with E-state index in [9.17, 15) is 19.5 Å². The summed E-state index contributed by atoms with van der Waals surface area (Å²) in [4.78, 5) is 40.3. The molecule has 2 aliphatic rings. The second-order valence-electron chi connectivity index (χ2n) is 7.77. The second-order valence-corrected chi connectivity index (χ2v) is 7.77. The third-order valence-corrected chi connectivity index (χ3v) is 5.44. The Kier molecular flexibility index (Phi) is 9.84. The Morgan fingerprint density at radius 1 is 1.06 bits per heavy atom. The van der Waals surface area contributed by atoms with Gasteiger partial charge in [-0.1, -0.05) is 12.1 Å². The van der Waals surface area contributed by atoms with Crippen molar-refractivity contribution in [2.45, 2.75) is 31.8 Å². The van der Waals surface area contributed by atoms with Crippen LogP contribution in [-0.2, 0) is 25.5 Å². The molecule has 2 saturated heterocycles. The number of carbonyl (C=O) groups is 3. The molecule has 2 atom stereocenters. The molecule has 2 aliphatic heterocycles. The van der Waals surface area contributed by atoms with Crippen LogP contribution in [0.4, 0.5) is 5.69 Å². The zero-order valence-corrected chi connectivity index (χ0v) is 18.3. The number of nitrogens with zero attached hydrogens (tertiary/aromatic N) is 2. The normalized spacial score (nSPS) is 18.2. The van der Waals surface area contributed by atoms with Crippen molar-refractivity contribution in [1.29, 1.82) is 0 Å². The van der Waals surface area contributed by atoms with E-state index < -0.39 is 24.0 Å². The minimum atomic E-state index is -1.36. The Labute approximate surface area is 194 Å². The fraction of sp³-hybridized carbons (Fsp3) is 0.571. The van der Waals surface area contributed by atoms with Gasteiger partial charge in [-0.05, 0) is 37.5 Å². The van der Waals surface area contributed by atoms with Gasteiger partial charge in [0.1, 0.15) is 6.04 Å². The summed E-state index contributed by atoms with van der Waals surface area (Å²) < 4.78 is 5.24. The molecular weight excluding hydrogens is 395 g/mol. The minimum Gasteiger partial charge on any atom is -0.548 e. The van der Waals surface area contributed by atoms with E-state index in [-0.39, 0.29) is 37.7 Å². The first kappa shape index (κ1) is 25.2. The number of nitrogens with one attached hydrogen (secondary N) is 2. The van der Waals surface area contributed by atoms with Gasteiger partial charge in [-0.3, -0.25) is 14.5 Å². The van der Waals surface area contributed by atoms with E-state index >= 15 is 0 Å². The molecule has 2 N–H and O–H groups in total. The molecule has 164 valence electrons. The van der Waals surface area contributed by atoms with E-state index in [2.05, 4.69) is 15.5 Å². The zero-order chi connectivity index (χ0) is 21.5. The average molecular weight is 424 g/mol. The van der Waals surface area contributed by atoms with Crippen LogP contribution in [0, 0.1) is 0 Å². The number of morpholine rings is 1. The van der Waals surface area contributed by atoms with Gasteiger partial charge in [0.25, 0.3) is 0 Å². The maximum atomic E-state index is 12.4. The van der Waals surface area contributed by atoms with E-state index in [0.29, 0.717) is 26.3 Å². The van der Waals surface area contributed by atoms with Gasteiger partial charge in [0.15, 0.2) is 0 Å². The van der Waals surface area contributed by atoms with Crippen molar-refractivity contribution in [3.05, 3.63) is 29.8 Å². The van der Waals surface area contributed by atoms with Gasteiger partial charge >= 0.3 is 18.9 Å². The minimum absolute atomic E-state index is 0. The molecule has 1 aromatic rings. The van der Waals surface area contributed by atoms with Crippen molar-refractivity contribution in [2.24, 2.45) is 0 Å². The molecule has 31 heavy (non-hydrogen) atoms. The van der Waals surface area contributed by atoms with Crippen LogP contribution in [0.3, 0.4) is 0 Å². The molecule has 0 aliphatic carbocycles. The standard InChI is InChI=1S/C21H30N4O5.Li/c1-15(22-19(26)14-24-9-11-30-12-10-24)20(27)23-18(21(28)29)13-16-3-5-17(6-4-16)25-7-2-8-25;/h3-6,15,18H,2,7-14H2,1H3,(H,22,26)(H,23,27)(H,28,29);/q;+1/p-1/t15-,18-;/m0./s1. The van der Waals surface area contributed by atoms with Gasteiger partial charge < -0.3 is 30.2 Å². The Balaban J connectivity index is 0.00000341. The van der Waals surface area contributed by atoms with E-state index in [1.165, 1.54) is 13.3 Å². The number of anilines is 1. The number of hydrogen-bond donors (Lipinski definition) is 2. The maximum absolute atomic E-state index is 12.4. The summed E-state index contributed by atoms with van der Waals surface area (Å²) in [5.41, 5.74) is 1.90. The fourth-order valence-corrected chi connectivity index (χ4v) is 3.46. The van der Waals surface area contributed by atoms with Crippen LogP contribution in [-0.4, -0.2) is 80.7 Å². The average Bonchev–Trinajstić information content (AvgIpc) is 2.68. The second kappa shape index (κ2) is 12.1. The van der Waals surface area contributed by atoms with E-state index in [4.69, 9.17) is 4.74 Å². The predicted molar refractivity (Wildman–Crippen MR) is 109 cm³/mol. The summed E-state index contributed by atoms with van der Waals surface area (Å²) >= 11 is 0. The first-order valence-electron chi connectivity index (χ1n) is 10.4. The van der Waals surface area contributed by atoms with Gasteiger partial charge in [-0.25, -0.2) is 0 Å². The Hall–Kier alpha value is -2.05. The number of rotatable bonds is 9. The number of amides is 2. The fourth-order valence-electron chi connectivity index (χ4n) is 3.46. The topological polar surface area (TPSA) is 114 Å². The van der Waals surface area contributed by atoms with Crippen LogP contribution in [0.2, 0.25) is 0 Å². The van der Waals surface area contributed by atoms with Crippen LogP contribution in [0.15, 0.2) is 24.3 Å². The molecule has 10 heteroatoms. The van der Waals surface area contributed by atoms with Crippen molar-refractivity contribution >= 4 is 23.5 Å². The van der Waals surface area contributed by atoms with E-state index in [0.717, 1.165) is 24.3 Å². The van der Waals surface area contributed by atoms with E-state index in [1.807, 2.05) is 29.2 Å². The number of hydrogen-bond acceptors (Lipinski definition) is 7. The summed E-state index contributed by atoms with van der Waals surface area (Å²) in [5.74, 6) is -2.20. The van der Waals surface area contributed by atoms with Crippen molar-refractivity contribution in [3.8, 4) is 0 Å². The Morgan fingerprint density at radius 3 is 2.26 bits per heavy atom. The quantitative estimate of drug-likeness (QED) is 0.384. The molecule has 3 rings (SSSR count). The largest absolute Gasteiger partial charge is 1.00 e. The number of benzene rings is 1. The van der Waals surface area contributed by atoms with Gasteiger partial charge in [-0.2, -0.15) is 0 Å². The van der Waals surface area contributed by atoms with Gasteiger partial charge in [0.2, 0.25) is 11.8 Å². The zero-order valence-electron chi connectivity index (χ0n) is 18.3. The number of carboxylic acids is 1. The van der Waals surface area contributed by atoms with Crippen LogP contribution in [0.5, 0.6) is 0 Å². The third-order valence-electron chi connectivity index (χ3n) is 5.44. The smallest absolute Gasteiger partial charge is 0.548 e. The van der Waals surface area contributed by atoms with Crippen LogP contribution in [0.1, 0.15) is 18.9 Å². The van der Waals surface area contributed by atoms with Gasteiger partial charge in [0.05, 0.1) is 31.8 Å². The molecule has 0 radical (unpaired) electrons. The molecule has 0 bridgehead atoms. The molecule has 2 amide bonds. The summed E-state index contributed by atoms with van der Waals surface area (Å²) in [5, 5.41) is 16.6. The number of aliphatic carboxylic acids is 1. The molecule has 1 aromatic carbocycles. The molecular formula is C21H29LiN4O5. The summed E-state index contributed by atoms with van der Waals surface area (Å²) in [6.07, 6.45) is 1.30. The predicted octanol–water partition coefficient (Wildman–Crippen LogP) is -4.49. The summed E-state index contributed by atoms with van der Waals surface area (Å²) in [7, 11) is 0. The first-order valence-corrected chi connectivity index (χ1v) is 10.4. The third kappa shape index (κ3) is 7.54. The van der Waals surface area contributed by atoms with Crippen LogP contribution in [0.25, 0.3) is 0 Å².